The maximum atomic E-state index is 14.6. The minimum atomic E-state index is -4.25. The van der Waals surface area contributed by atoms with Crippen molar-refractivity contribution < 1.29 is 18.0 Å². The average molecular weight is 681 g/mol. The molecule has 0 spiro atoms. The first kappa shape index (κ1) is 35.0. The number of amides is 2. The predicted molar refractivity (Wildman–Crippen MR) is 186 cm³/mol. The Morgan fingerprint density at radius 2 is 1.43 bits per heavy atom. The van der Waals surface area contributed by atoms with Gasteiger partial charge in [-0.25, -0.2) is 8.42 Å². The van der Waals surface area contributed by atoms with Gasteiger partial charge in [-0.15, -0.1) is 0 Å². The van der Waals surface area contributed by atoms with Gasteiger partial charge in [0.25, 0.3) is 10.0 Å². The van der Waals surface area contributed by atoms with Gasteiger partial charge in [0.15, 0.2) is 0 Å². The number of halogens is 2. The molecule has 1 atom stereocenters. The monoisotopic (exact) mass is 679 g/mol. The fourth-order valence-corrected chi connectivity index (χ4v) is 6.89. The molecular formula is C36H39Cl2N3O4S. The minimum Gasteiger partial charge on any atom is -0.350 e. The van der Waals surface area contributed by atoms with Crippen LogP contribution >= 0.6 is 23.2 Å². The number of nitrogens with one attached hydrogen (secondary N) is 1. The summed E-state index contributed by atoms with van der Waals surface area (Å²) in [6, 6.07) is 26.8. The lowest BCUT2D eigenvalue weighted by Crippen LogP contribution is -2.56. The summed E-state index contributed by atoms with van der Waals surface area (Å²) in [6.07, 6.45) is 0.204. The molecule has 0 bridgehead atoms. The highest BCUT2D eigenvalue weighted by molar-refractivity contribution is 7.92. The Bertz CT molecular complexity index is 1790. The molecular weight excluding hydrogens is 641 g/mol. The maximum absolute atomic E-state index is 14.6. The van der Waals surface area contributed by atoms with Crippen molar-refractivity contribution in [2.24, 2.45) is 0 Å². The Kier molecular flexibility index (Phi) is 11.2. The molecule has 0 fully saturated rings. The molecule has 10 heteroatoms. The number of nitrogens with zero attached hydrogens (tertiary/aromatic N) is 2. The molecule has 0 aliphatic carbocycles. The molecule has 7 nitrogen and oxygen atoms in total. The molecule has 4 aromatic rings. The summed E-state index contributed by atoms with van der Waals surface area (Å²) in [7, 11) is -4.25. The first-order valence-corrected chi connectivity index (χ1v) is 17.1. The van der Waals surface area contributed by atoms with E-state index in [-0.39, 0.29) is 29.5 Å². The van der Waals surface area contributed by atoms with E-state index in [0.29, 0.717) is 21.2 Å². The number of benzene rings is 4. The summed E-state index contributed by atoms with van der Waals surface area (Å²) in [5, 5.41) is 3.82. The summed E-state index contributed by atoms with van der Waals surface area (Å²) >= 11 is 12.7. The Morgan fingerprint density at radius 3 is 2.07 bits per heavy atom. The zero-order valence-corrected chi connectivity index (χ0v) is 29.0. The lowest BCUT2D eigenvalue weighted by Gasteiger charge is -2.35. The summed E-state index contributed by atoms with van der Waals surface area (Å²) in [5.41, 5.74) is 2.71. The van der Waals surface area contributed by atoms with E-state index >= 15 is 0 Å². The SMILES string of the molecule is Cc1ccc(S(=O)(=O)N(CC(=O)N(Cc2cccc(Cl)c2)C(Cc2ccccc2)C(=O)NC(C)(C)C)c2cc(Cl)ccc2C)cc1. The lowest BCUT2D eigenvalue weighted by atomic mass is 10.0. The standard InChI is InChI=1S/C36H39Cl2N3O4S/c1-25-14-18-31(19-15-25)46(44,45)41(32-22-30(38)17-16-26(32)2)24-34(42)40(23-28-12-9-13-29(37)20-28)33(35(43)39-36(3,4)5)21-27-10-7-6-8-11-27/h6-20,22,33H,21,23-24H2,1-5H3,(H,39,43). The van der Waals surface area contributed by atoms with Crippen LogP contribution in [-0.4, -0.2) is 43.3 Å². The van der Waals surface area contributed by atoms with Gasteiger partial charge in [0.2, 0.25) is 11.8 Å². The number of hydrogen-bond donors (Lipinski definition) is 1. The Balaban J connectivity index is 1.85. The van der Waals surface area contributed by atoms with Gasteiger partial charge in [-0.3, -0.25) is 13.9 Å². The van der Waals surface area contributed by atoms with E-state index in [0.717, 1.165) is 15.4 Å². The molecule has 0 saturated heterocycles. The summed E-state index contributed by atoms with van der Waals surface area (Å²) in [6.45, 7) is 8.66. The van der Waals surface area contributed by atoms with Crippen LogP contribution in [0, 0.1) is 13.8 Å². The van der Waals surface area contributed by atoms with E-state index in [4.69, 9.17) is 23.2 Å². The molecule has 0 saturated carbocycles. The molecule has 0 aromatic heterocycles. The molecule has 0 heterocycles. The number of rotatable bonds is 11. The van der Waals surface area contributed by atoms with E-state index in [1.165, 1.54) is 23.1 Å². The quantitative estimate of drug-likeness (QED) is 0.179. The van der Waals surface area contributed by atoms with Gasteiger partial charge in [-0.05, 0) is 87.7 Å². The second-order valence-corrected chi connectivity index (χ2v) is 15.1. The Labute approximate surface area is 282 Å². The van der Waals surface area contributed by atoms with Crippen molar-refractivity contribution in [2.75, 3.05) is 10.8 Å². The van der Waals surface area contributed by atoms with Crippen molar-refractivity contribution in [3.63, 3.8) is 0 Å². The van der Waals surface area contributed by atoms with Crippen LogP contribution in [0.2, 0.25) is 10.0 Å². The third kappa shape index (κ3) is 9.12. The van der Waals surface area contributed by atoms with Gasteiger partial charge in [0.05, 0.1) is 10.6 Å². The number of anilines is 1. The predicted octanol–water partition coefficient (Wildman–Crippen LogP) is 7.36. The fourth-order valence-electron chi connectivity index (χ4n) is 5.04. The second kappa shape index (κ2) is 14.7. The molecule has 4 rings (SSSR count). The van der Waals surface area contributed by atoms with Crippen molar-refractivity contribution in [3.8, 4) is 0 Å². The van der Waals surface area contributed by atoms with Gasteiger partial charge in [-0.2, -0.15) is 0 Å². The van der Waals surface area contributed by atoms with E-state index in [9.17, 15) is 18.0 Å². The third-order valence-electron chi connectivity index (χ3n) is 7.34. The molecule has 0 aliphatic rings. The first-order valence-electron chi connectivity index (χ1n) is 14.9. The number of carbonyl (C=O) groups excluding carboxylic acids is 2. The average Bonchev–Trinajstić information content (AvgIpc) is 2.98. The summed E-state index contributed by atoms with van der Waals surface area (Å²) in [5.74, 6) is -0.932. The van der Waals surface area contributed by atoms with Crippen molar-refractivity contribution in [1.82, 2.24) is 10.2 Å². The van der Waals surface area contributed by atoms with Crippen LogP contribution in [0.1, 0.15) is 43.0 Å². The van der Waals surface area contributed by atoms with Crippen molar-refractivity contribution in [2.45, 2.75) is 64.1 Å². The van der Waals surface area contributed by atoms with Crippen LogP contribution in [0.5, 0.6) is 0 Å². The molecule has 46 heavy (non-hydrogen) atoms. The highest BCUT2D eigenvalue weighted by atomic mass is 35.5. The van der Waals surface area contributed by atoms with E-state index in [2.05, 4.69) is 5.32 Å². The van der Waals surface area contributed by atoms with Gasteiger partial charge < -0.3 is 10.2 Å². The Hall–Kier alpha value is -3.85. The van der Waals surface area contributed by atoms with Crippen LogP contribution in [0.15, 0.2) is 102 Å². The minimum absolute atomic E-state index is 0.0153. The summed E-state index contributed by atoms with van der Waals surface area (Å²) < 4.78 is 29.6. The molecule has 0 radical (unpaired) electrons. The molecule has 1 N–H and O–H groups in total. The molecule has 2 amide bonds. The zero-order chi connectivity index (χ0) is 33.6. The second-order valence-electron chi connectivity index (χ2n) is 12.4. The number of sulfonamides is 1. The molecule has 4 aromatic carbocycles. The molecule has 0 aliphatic heterocycles. The largest absolute Gasteiger partial charge is 0.350 e. The molecule has 1 unspecified atom stereocenters. The molecule has 242 valence electrons. The number of aryl methyl sites for hydroxylation is 2. The van der Waals surface area contributed by atoms with Gasteiger partial charge >= 0.3 is 0 Å². The fraction of sp³-hybridized carbons (Fsp3) is 0.278. The van der Waals surface area contributed by atoms with Crippen LogP contribution in [0.4, 0.5) is 5.69 Å². The maximum Gasteiger partial charge on any atom is 0.264 e. The lowest BCUT2D eigenvalue weighted by molar-refractivity contribution is -0.140. The van der Waals surface area contributed by atoms with Crippen LogP contribution in [0.25, 0.3) is 0 Å². The topological polar surface area (TPSA) is 86.8 Å². The van der Waals surface area contributed by atoms with Gasteiger partial charge in [-0.1, -0.05) is 89.4 Å². The summed E-state index contributed by atoms with van der Waals surface area (Å²) in [4.78, 5) is 30.1. The first-order chi connectivity index (χ1) is 21.6. The Morgan fingerprint density at radius 1 is 0.804 bits per heavy atom. The van der Waals surface area contributed by atoms with Crippen LogP contribution < -0.4 is 9.62 Å². The normalized spacial score (nSPS) is 12.3. The van der Waals surface area contributed by atoms with Crippen LogP contribution in [-0.2, 0) is 32.6 Å². The van der Waals surface area contributed by atoms with E-state index < -0.39 is 34.1 Å². The van der Waals surface area contributed by atoms with E-state index in [1.807, 2.05) is 64.1 Å². The highest BCUT2D eigenvalue weighted by Gasteiger charge is 2.36. The zero-order valence-electron chi connectivity index (χ0n) is 26.6. The highest BCUT2D eigenvalue weighted by Crippen LogP contribution is 2.30. The van der Waals surface area contributed by atoms with Crippen LogP contribution in [0.3, 0.4) is 0 Å². The van der Waals surface area contributed by atoms with Crippen molar-refractivity contribution >= 4 is 50.7 Å². The van der Waals surface area contributed by atoms with E-state index in [1.54, 1.807) is 49.4 Å². The van der Waals surface area contributed by atoms with Gasteiger partial charge in [0, 0.05) is 28.5 Å². The number of carbonyl (C=O) groups is 2. The van der Waals surface area contributed by atoms with Crippen molar-refractivity contribution in [3.05, 3.63) is 129 Å². The number of hydrogen-bond acceptors (Lipinski definition) is 4. The smallest absolute Gasteiger partial charge is 0.264 e. The van der Waals surface area contributed by atoms with Gasteiger partial charge in [0.1, 0.15) is 12.6 Å². The van der Waals surface area contributed by atoms with Crippen molar-refractivity contribution in [1.29, 1.82) is 0 Å². The third-order valence-corrected chi connectivity index (χ3v) is 9.58.